The molecule has 3 heterocycles. The first-order valence-electron chi connectivity index (χ1n) is 8.74. The van der Waals surface area contributed by atoms with Crippen molar-refractivity contribution in [1.82, 2.24) is 19.9 Å². The van der Waals surface area contributed by atoms with Gasteiger partial charge in [-0.15, -0.1) is 6.42 Å². The fourth-order valence-electron chi connectivity index (χ4n) is 3.00. The van der Waals surface area contributed by atoms with Crippen LogP contribution in [0.2, 0.25) is 0 Å². The van der Waals surface area contributed by atoms with E-state index in [9.17, 15) is 9.18 Å². The van der Waals surface area contributed by atoms with Crippen molar-refractivity contribution < 1.29 is 23.8 Å². The monoisotopic (exact) mass is 394 g/mol. The molecule has 1 aromatic carbocycles. The molecule has 9 heteroatoms. The molecule has 2 aromatic heterocycles. The number of aromatic nitrogens is 3. The highest BCUT2D eigenvalue weighted by Crippen LogP contribution is 2.28. The van der Waals surface area contributed by atoms with E-state index in [1.807, 2.05) is 0 Å². The molecular weight excluding hydrogens is 379 g/mol. The summed E-state index contributed by atoms with van der Waals surface area (Å²) in [7, 11) is 0. The Morgan fingerprint density at radius 2 is 2.17 bits per heavy atom. The normalized spacial score (nSPS) is 15.9. The number of likely N-dealkylation sites (tertiary alicyclic amines) is 1. The van der Waals surface area contributed by atoms with E-state index in [1.165, 1.54) is 29.4 Å². The number of terminal acetylenes is 1. The van der Waals surface area contributed by atoms with Crippen molar-refractivity contribution in [3.05, 3.63) is 48.0 Å². The van der Waals surface area contributed by atoms with Crippen molar-refractivity contribution in [3.63, 3.8) is 0 Å². The minimum Gasteiger partial charge on any atom is -0.472 e. The summed E-state index contributed by atoms with van der Waals surface area (Å²) in [5, 5.41) is 9.06. The van der Waals surface area contributed by atoms with E-state index < -0.39 is 11.9 Å². The Bertz CT molecular complexity index is 1130. The summed E-state index contributed by atoms with van der Waals surface area (Å²) in [4.78, 5) is 25.0. The molecule has 3 aromatic rings. The second-order valence-electron chi connectivity index (χ2n) is 6.34. The summed E-state index contributed by atoms with van der Waals surface area (Å²) in [6.45, 7) is 0.682. The van der Waals surface area contributed by atoms with E-state index in [0.29, 0.717) is 35.6 Å². The van der Waals surface area contributed by atoms with E-state index in [1.54, 1.807) is 12.1 Å². The Morgan fingerprint density at radius 1 is 1.31 bits per heavy atom. The molecular formula is C20H15FN4O4. The Balaban J connectivity index is 1.60. The Labute approximate surface area is 164 Å². The summed E-state index contributed by atoms with van der Waals surface area (Å²) in [5.41, 5.74) is 0.951. The van der Waals surface area contributed by atoms with Crippen molar-refractivity contribution >= 4 is 17.1 Å². The van der Waals surface area contributed by atoms with E-state index >= 15 is 0 Å². The first kappa shape index (κ1) is 18.4. The van der Waals surface area contributed by atoms with Crippen LogP contribution in [-0.2, 0) is 0 Å². The van der Waals surface area contributed by atoms with Crippen molar-refractivity contribution in [3.8, 4) is 29.9 Å². The molecule has 0 bridgehead atoms. The number of hydrogen-bond acceptors (Lipinski definition) is 6. The summed E-state index contributed by atoms with van der Waals surface area (Å²) >= 11 is 0. The zero-order valence-electron chi connectivity index (χ0n) is 15.1. The van der Waals surface area contributed by atoms with Gasteiger partial charge in [-0.1, -0.05) is 5.92 Å². The lowest BCUT2D eigenvalue weighted by atomic mass is 10.2. The van der Waals surface area contributed by atoms with Crippen LogP contribution in [0.5, 0.6) is 17.5 Å². The van der Waals surface area contributed by atoms with E-state index in [2.05, 4.69) is 20.9 Å². The molecule has 8 nitrogen and oxygen atoms in total. The van der Waals surface area contributed by atoms with Gasteiger partial charge in [0.15, 0.2) is 5.52 Å². The maximum absolute atomic E-state index is 13.6. The van der Waals surface area contributed by atoms with Crippen LogP contribution in [0.15, 0.2) is 36.7 Å². The van der Waals surface area contributed by atoms with Gasteiger partial charge in [0.25, 0.3) is 0 Å². The summed E-state index contributed by atoms with van der Waals surface area (Å²) in [6.07, 6.45) is 5.92. The third-order valence-electron chi connectivity index (χ3n) is 4.43. The molecule has 1 fully saturated rings. The molecule has 0 spiro atoms. The van der Waals surface area contributed by atoms with Crippen molar-refractivity contribution in [2.75, 3.05) is 13.1 Å². The van der Waals surface area contributed by atoms with Crippen molar-refractivity contribution in [2.45, 2.75) is 12.5 Å². The molecule has 1 atom stereocenters. The molecule has 146 valence electrons. The first-order valence-corrected chi connectivity index (χ1v) is 8.74. The third-order valence-corrected chi connectivity index (χ3v) is 4.43. The van der Waals surface area contributed by atoms with Gasteiger partial charge < -0.3 is 19.5 Å². The Kier molecular flexibility index (Phi) is 4.83. The molecule has 4 rings (SSSR count). The zero-order chi connectivity index (χ0) is 20.4. The van der Waals surface area contributed by atoms with Crippen LogP contribution in [-0.4, -0.2) is 50.2 Å². The van der Waals surface area contributed by atoms with Gasteiger partial charge >= 0.3 is 6.09 Å². The minimum absolute atomic E-state index is 0.0714. The molecule has 0 radical (unpaired) electrons. The smallest absolute Gasteiger partial charge is 0.407 e. The highest BCUT2D eigenvalue weighted by atomic mass is 19.1. The van der Waals surface area contributed by atoms with E-state index in [0.717, 1.165) is 0 Å². The molecule has 29 heavy (non-hydrogen) atoms. The lowest BCUT2D eigenvalue weighted by Gasteiger charge is -2.14. The lowest BCUT2D eigenvalue weighted by molar-refractivity contribution is 0.144. The molecule has 1 amide bonds. The number of amides is 1. The number of ether oxygens (including phenoxy) is 2. The van der Waals surface area contributed by atoms with Crippen LogP contribution in [0.3, 0.4) is 0 Å². The van der Waals surface area contributed by atoms with E-state index in [4.69, 9.17) is 21.0 Å². The van der Waals surface area contributed by atoms with Crippen molar-refractivity contribution in [2.24, 2.45) is 0 Å². The van der Waals surface area contributed by atoms with Crippen LogP contribution in [0.1, 0.15) is 12.0 Å². The average molecular weight is 394 g/mol. The van der Waals surface area contributed by atoms with Crippen LogP contribution in [0, 0.1) is 18.2 Å². The lowest BCUT2D eigenvalue weighted by Crippen LogP contribution is -2.29. The standard InChI is InChI=1S/C20H15FN4O4/c1-2-12-9-13(3-4-15(12)21)29-19-18-16(22-11-23-19)5-6-17(24-18)28-14-7-8-25(10-14)20(26)27/h1,3-6,9,11,14H,7-8,10H2,(H,26,27)/t14-/m0/s1. The number of pyridine rings is 1. The fraction of sp³-hybridized carbons (Fsp3) is 0.200. The quantitative estimate of drug-likeness (QED) is 0.679. The van der Waals surface area contributed by atoms with Gasteiger partial charge in [0.05, 0.1) is 17.6 Å². The van der Waals surface area contributed by atoms with Gasteiger partial charge in [-0.25, -0.2) is 19.2 Å². The van der Waals surface area contributed by atoms with Crippen molar-refractivity contribution in [1.29, 1.82) is 0 Å². The van der Waals surface area contributed by atoms with E-state index in [-0.39, 0.29) is 24.1 Å². The molecule has 1 saturated heterocycles. The predicted octanol–water partition coefficient (Wildman–Crippen LogP) is 3.07. The maximum atomic E-state index is 13.6. The second kappa shape index (κ2) is 7.59. The topological polar surface area (TPSA) is 97.7 Å². The maximum Gasteiger partial charge on any atom is 0.407 e. The number of hydrogen-bond donors (Lipinski definition) is 1. The molecule has 1 aliphatic rings. The van der Waals surface area contributed by atoms with Gasteiger partial charge in [-0.05, 0) is 24.3 Å². The summed E-state index contributed by atoms with van der Waals surface area (Å²) < 4.78 is 25.2. The third kappa shape index (κ3) is 3.87. The number of fused-ring (bicyclic) bond motifs is 1. The molecule has 0 aliphatic carbocycles. The van der Waals surface area contributed by atoms with Gasteiger partial charge in [0.2, 0.25) is 11.8 Å². The second-order valence-corrected chi connectivity index (χ2v) is 6.34. The predicted molar refractivity (Wildman–Crippen MR) is 100 cm³/mol. The van der Waals surface area contributed by atoms with Crippen LogP contribution >= 0.6 is 0 Å². The largest absolute Gasteiger partial charge is 0.472 e. The number of carboxylic acid groups (broad SMARTS) is 1. The van der Waals surface area contributed by atoms with Gasteiger partial charge in [0, 0.05) is 19.0 Å². The number of nitrogens with zero attached hydrogens (tertiary/aromatic N) is 4. The SMILES string of the molecule is C#Cc1cc(Oc2ncnc3ccc(O[C@H]4CCN(C(=O)O)C4)nc23)ccc1F. The molecule has 1 N–H and O–H groups in total. The van der Waals surface area contributed by atoms with Crippen LogP contribution in [0.4, 0.5) is 9.18 Å². The average Bonchev–Trinajstić information content (AvgIpc) is 3.19. The zero-order valence-corrected chi connectivity index (χ0v) is 15.1. The molecule has 0 saturated carbocycles. The summed E-state index contributed by atoms with van der Waals surface area (Å²) in [6, 6.07) is 7.39. The first-order chi connectivity index (χ1) is 14.0. The van der Waals surface area contributed by atoms with Gasteiger partial charge in [-0.3, -0.25) is 0 Å². The highest BCUT2D eigenvalue weighted by molar-refractivity contribution is 5.79. The number of carbonyl (C=O) groups is 1. The van der Waals surface area contributed by atoms with Gasteiger partial charge in [-0.2, -0.15) is 4.98 Å². The number of halogens is 1. The minimum atomic E-state index is -0.975. The number of benzene rings is 1. The van der Waals surface area contributed by atoms with Crippen LogP contribution < -0.4 is 9.47 Å². The fourth-order valence-corrected chi connectivity index (χ4v) is 3.00. The Morgan fingerprint density at radius 3 is 2.93 bits per heavy atom. The van der Waals surface area contributed by atoms with Crippen LogP contribution in [0.25, 0.3) is 11.0 Å². The summed E-state index contributed by atoms with van der Waals surface area (Å²) in [5.74, 6) is 2.50. The van der Waals surface area contributed by atoms with Gasteiger partial charge in [0.1, 0.15) is 24.0 Å². The molecule has 1 aliphatic heterocycles. The highest BCUT2D eigenvalue weighted by Gasteiger charge is 2.27. The molecule has 0 unspecified atom stereocenters. The Hall–Kier alpha value is -3.93. The number of rotatable bonds is 4.